The standard InChI is InChI=1S/C22H29N5O/c1-16-23-20-15-26(3)12-9-19(20)21(24-16)27-13-10-22(11-14-27,25-17(2)28)18-7-5-4-6-8-18/h4-8H,9-15H2,1-3H3,(H,25,28). The van der Waals surface area contributed by atoms with E-state index in [0.29, 0.717) is 0 Å². The fourth-order valence-corrected chi connectivity index (χ4v) is 4.60. The predicted molar refractivity (Wildman–Crippen MR) is 110 cm³/mol. The normalized spacial score (nSPS) is 19.2. The lowest BCUT2D eigenvalue weighted by Gasteiger charge is -2.44. The van der Waals surface area contributed by atoms with E-state index in [0.717, 1.165) is 62.8 Å². The molecular formula is C22H29N5O. The maximum Gasteiger partial charge on any atom is 0.217 e. The number of likely N-dealkylation sites (N-methyl/N-ethyl adjacent to an activating group) is 1. The Morgan fingerprint density at radius 3 is 2.50 bits per heavy atom. The molecule has 148 valence electrons. The van der Waals surface area contributed by atoms with Crippen LogP contribution in [0.5, 0.6) is 0 Å². The maximum atomic E-state index is 12.0. The highest BCUT2D eigenvalue weighted by atomic mass is 16.1. The van der Waals surface area contributed by atoms with Crippen molar-refractivity contribution in [2.45, 2.75) is 45.2 Å². The van der Waals surface area contributed by atoms with Crippen LogP contribution in [0.2, 0.25) is 0 Å². The Kier molecular flexibility index (Phi) is 5.06. The number of rotatable bonds is 3. The average molecular weight is 380 g/mol. The molecule has 28 heavy (non-hydrogen) atoms. The zero-order valence-corrected chi connectivity index (χ0v) is 17.0. The number of hydrogen-bond acceptors (Lipinski definition) is 5. The van der Waals surface area contributed by atoms with Crippen LogP contribution < -0.4 is 10.2 Å². The summed E-state index contributed by atoms with van der Waals surface area (Å²) in [5.74, 6) is 1.96. The third kappa shape index (κ3) is 3.61. The molecule has 0 saturated carbocycles. The monoisotopic (exact) mass is 379 g/mol. The Labute approximate surface area is 167 Å². The van der Waals surface area contributed by atoms with Crippen molar-refractivity contribution in [1.82, 2.24) is 20.2 Å². The van der Waals surface area contributed by atoms with Crippen molar-refractivity contribution in [3.8, 4) is 0 Å². The molecule has 2 aliphatic rings. The maximum absolute atomic E-state index is 12.0. The highest BCUT2D eigenvalue weighted by Crippen LogP contribution is 2.36. The number of benzene rings is 1. The van der Waals surface area contributed by atoms with Crippen LogP contribution in [0.15, 0.2) is 30.3 Å². The first-order chi connectivity index (χ1) is 13.5. The van der Waals surface area contributed by atoms with Gasteiger partial charge in [0.15, 0.2) is 0 Å². The van der Waals surface area contributed by atoms with E-state index in [2.05, 4.69) is 34.3 Å². The van der Waals surface area contributed by atoms with Crippen molar-refractivity contribution in [1.29, 1.82) is 0 Å². The van der Waals surface area contributed by atoms with E-state index in [4.69, 9.17) is 9.97 Å². The topological polar surface area (TPSA) is 61.4 Å². The van der Waals surface area contributed by atoms with Gasteiger partial charge in [0, 0.05) is 38.7 Å². The quantitative estimate of drug-likeness (QED) is 0.887. The van der Waals surface area contributed by atoms with E-state index >= 15 is 0 Å². The molecule has 4 rings (SSSR count). The average Bonchev–Trinajstić information content (AvgIpc) is 2.68. The van der Waals surface area contributed by atoms with Crippen molar-refractivity contribution in [3.05, 3.63) is 53.0 Å². The minimum absolute atomic E-state index is 0.0237. The molecule has 0 aliphatic carbocycles. The van der Waals surface area contributed by atoms with Gasteiger partial charge in [0.25, 0.3) is 0 Å². The number of aryl methyl sites for hydroxylation is 1. The van der Waals surface area contributed by atoms with Gasteiger partial charge in [0.2, 0.25) is 5.91 Å². The zero-order chi connectivity index (χ0) is 19.7. The second-order valence-corrected chi connectivity index (χ2v) is 8.12. The number of nitrogens with zero attached hydrogens (tertiary/aromatic N) is 4. The summed E-state index contributed by atoms with van der Waals surface area (Å²) in [5.41, 5.74) is 3.35. The Balaban J connectivity index is 1.61. The SMILES string of the molecule is CC(=O)NC1(c2ccccc2)CCN(c2nc(C)nc3c2CCN(C)C3)CC1. The van der Waals surface area contributed by atoms with Crippen molar-refractivity contribution in [2.75, 3.05) is 31.6 Å². The van der Waals surface area contributed by atoms with Gasteiger partial charge in [0.05, 0.1) is 11.2 Å². The van der Waals surface area contributed by atoms with E-state index in [1.54, 1.807) is 6.92 Å². The van der Waals surface area contributed by atoms with Crippen LogP contribution in [0.1, 0.15) is 42.4 Å². The first-order valence-corrected chi connectivity index (χ1v) is 10.1. The fourth-order valence-electron chi connectivity index (χ4n) is 4.60. The lowest BCUT2D eigenvalue weighted by atomic mass is 9.80. The fraction of sp³-hybridized carbons (Fsp3) is 0.500. The molecule has 0 spiro atoms. The van der Waals surface area contributed by atoms with Gasteiger partial charge in [-0.15, -0.1) is 0 Å². The van der Waals surface area contributed by atoms with E-state index in [1.165, 1.54) is 11.1 Å². The molecule has 1 N–H and O–H groups in total. The lowest BCUT2D eigenvalue weighted by molar-refractivity contribution is -0.121. The van der Waals surface area contributed by atoms with Crippen LogP contribution in [-0.4, -0.2) is 47.5 Å². The Hall–Kier alpha value is -2.47. The molecule has 1 saturated heterocycles. The zero-order valence-electron chi connectivity index (χ0n) is 17.0. The molecule has 0 unspecified atom stereocenters. The summed E-state index contributed by atoms with van der Waals surface area (Å²) in [6.07, 6.45) is 2.73. The lowest BCUT2D eigenvalue weighted by Crippen LogP contribution is -2.53. The van der Waals surface area contributed by atoms with Gasteiger partial charge in [0.1, 0.15) is 11.6 Å². The van der Waals surface area contributed by atoms with Crippen LogP contribution in [0.4, 0.5) is 5.82 Å². The summed E-state index contributed by atoms with van der Waals surface area (Å²) in [4.78, 5) is 26.2. The molecule has 1 aromatic heterocycles. The van der Waals surface area contributed by atoms with Crippen molar-refractivity contribution >= 4 is 11.7 Å². The minimum atomic E-state index is -0.300. The second-order valence-electron chi connectivity index (χ2n) is 8.12. The van der Waals surface area contributed by atoms with Crippen LogP contribution in [0, 0.1) is 6.92 Å². The molecule has 0 bridgehead atoms. The summed E-state index contributed by atoms with van der Waals surface area (Å²) in [7, 11) is 2.14. The van der Waals surface area contributed by atoms with Crippen LogP contribution >= 0.6 is 0 Å². The smallest absolute Gasteiger partial charge is 0.217 e. The molecular weight excluding hydrogens is 350 g/mol. The van der Waals surface area contributed by atoms with Crippen molar-refractivity contribution < 1.29 is 4.79 Å². The van der Waals surface area contributed by atoms with Crippen LogP contribution in [0.25, 0.3) is 0 Å². The second kappa shape index (κ2) is 7.51. The molecule has 1 amide bonds. The van der Waals surface area contributed by atoms with Gasteiger partial charge in [-0.2, -0.15) is 0 Å². The van der Waals surface area contributed by atoms with Gasteiger partial charge < -0.3 is 15.1 Å². The van der Waals surface area contributed by atoms with Gasteiger partial charge in [-0.3, -0.25) is 4.79 Å². The molecule has 3 heterocycles. The van der Waals surface area contributed by atoms with E-state index in [-0.39, 0.29) is 11.4 Å². The number of aromatic nitrogens is 2. The summed E-state index contributed by atoms with van der Waals surface area (Å²) in [6.45, 7) is 7.26. The van der Waals surface area contributed by atoms with Crippen molar-refractivity contribution in [3.63, 3.8) is 0 Å². The first kappa shape index (κ1) is 18.9. The summed E-state index contributed by atoms with van der Waals surface area (Å²) in [5, 5.41) is 3.26. The van der Waals surface area contributed by atoms with Crippen molar-refractivity contribution in [2.24, 2.45) is 0 Å². The number of carbonyl (C=O) groups excluding carboxylic acids is 1. The first-order valence-electron chi connectivity index (χ1n) is 10.1. The van der Waals surface area contributed by atoms with E-state index < -0.39 is 0 Å². The highest BCUT2D eigenvalue weighted by molar-refractivity contribution is 5.74. The number of amides is 1. The number of anilines is 1. The molecule has 2 aliphatic heterocycles. The van der Waals surface area contributed by atoms with Crippen LogP contribution in [0.3, 0.4) is 0 Å². The number of hydrogen-bond donors (Lipinski definition) is 1. The number of carbonyl (C=O) groups is 1. The van der Waals surface area contributed by atoms with Crippen LogP contribution in [-0.2, 0) is 23.3 Å². The molecule has 0 radical (unpaired) electrons. The Morgan fingerprint density at radius 2 is 1.82 bits per heavy atom. The summed E-state index contributed by atoms with van der Waals surface area (Å²) < 4.78 is 0. The Morgan fingerprint density at radius 1 is 1.11 bits per heavy atom. The molecule has 6 nitrogen and oxygen atoms in total. The van der Waals surface area contributed by atoms with Gasteiger partial charge in [-0.25, -0.2) is 9.97 Å². The molecule has 6 heteroatoms. The van der Waals surface area contributed by atoms with E-state index in [1.807, 2.05) is 25.1 Å². The van der Waals surface area contributed by atoms with Gasteiger partial charge in [-0.1, -0.05) is 30.3 Å². The Bertz CT molecular complexity index is 859. The number of fused-ring (bicyclic) bond motifs is 1. The molecule has 0 atom stereocenters. The highest BCUT2D eigenvalue weighted by Gasteiger charge is 2.38. The molecule has 1 fully saturated rings. The van der Waals surface area contributed by atoms with Gasteiger partial charge in [-0.05, 0) is 38.8 Å². The molecule has 2 aromatic rings. The third-order valence-corrected chi connectivity index (χ3v) is 6.00. The number of piperidine rings is 1. The third-order valence-electron chi connectivity index (χ3n) is 6.00. The van der Waals surface area contributed by atoms with Gasteiger partial charge >= 0.3 is 0 Å². The minimum Gasteiger partial charge on any atom is -0.356 e. The summed E-state index contributed by atoms with van der Waals surface area (Å²) >= 11 is 0. The largest absolute Gasteiger partial charge is 0.356 e. The predicted octanol–water partition coefficient (Wildman–Crippen LogP) is 2.40. The number of nitrogens with one attached hydrogen (secondary N) is 1. The van der Waals surface area contributed by atoms with E-state index in [9.17, 15) is 4.79 Å². The molecule has 1 aromatic carbocycles. The summed E-state index contributed by atoms with van der Waals surface area (Å²) in [6, 6.07) is 10.4.